The highest BCUT2D eigenvalue weighted by Gasteiger charge is 2.29. The molecule has 0 aliphatic rings. The van der Waals surface area contributed by atoms with Gasteiger partial charge in [-0.2, -0.15) is 0 Å². The number of hydrogen-bond donors (Lipinski definition) is 4. The third kappa shape index (κ3) is 83.9. The van der Waals surface area contributed by atoms with E-state index in [-0.39, 0.29) is 19.3 Å². The topological polar surface area (TPSA) is 231 Å². The molecule has 0 aromatic carbocycles. The predicted octanol–water partition coefficient (Wildman–Crippen LogP) is 25.8. The molecule has 0 bridgehead atoms. The Balaban J connectivity index is 4.41. The maximum absolute atomic E-state index is 13.0. The minimum atomic E-state index is -4.94. The number of carbonyl (C=O) groups is 3. The van der Waals surface area contributed by atoms with Crippen LogP contribution in [0.25, 0.3) is 0 Å². The van der Waals surface area contributed by atoms with Crippen LogP contribution in [0.3, 0.4) is 0 Å². The van der Waals surface area contributed by atoms with Gasteiger partial charge in [0.05, 0.1) is 26.4 Å². The summed E-state index contributed by atoms with van der Waals surface area (Å²) >= 11 is 0. The first-order valence-corrected chi connectivity index (χ1v) is 45.8. The number of esters is 3. The molecule has 0 amide bonds. The zero-order valence-corrected chi connectivity index (χ0v) is 70.2. The van der Waals surface area contributed by atoms with Gasteiger partial charge in [0.25, 0.3) is 0 Å². The van der Waals surface area contributed by atoms with Gasteiger partial charge < -0.3 is 34.2 Å². The fraction of sp³-hybridized carbons (Fsp3) is 0.681. The molecule has 0 radical (unpaired) electrons. The predicted molar refractivity (Wildman–Crippen MR) is 454 cm³/mol. The molecule has 0 aliphatic heterocycles. The Morgan fingerprint density at radius 1 is 0.266 bits per heavy atom. The van der Waals surface area contributed by atoms with Crippen molar-refractivity contribution >= 4 is 33.6 Å². The normalized spacial score (nSPS) is 14.7. The molecule has 109 heavy (non-hydrogen) atoms. The zero-order chi connectivity index (χ0) is 79.4. The maximum atomic E-state index is 13.0. The second kappa shape index (κ2) is 82.6. The molecule has 0 aromatic rings. The van der Waals surface area contributed by atoms with Crippen molar-refractivity contribution in [3.8, 4) is 0 Å². The number of carbonyl (C=O) groups excluding carboxylic acids is 3. The van der Waals surface area contributed by atoms with Crippen molar-refractivity contribution in [2.45, 2.75) is 360 Å². The Kier molecular flexibility index (Phi) is 79.0. The van der Waals surface area contributed by atoms with Crippen molar-refractivity contribution in [3.05, 3.63) is 158 Å². The van der Waals surface area contributed by atoms with Gasteiger partial charge in [0.1, 0.15) is 25.4 Å². The highest BCUT2D eigenvalue weighted by Crippen LogP contribution is 2.45. The Bertz CT molecular complexity index is 2610. The molecule has 0 fully saturated rings. The zero-order valence-electron chi connectivity index (χ0n) is 68.4. The lowest BCUT2D eigenvalue weighted by Crippen LogP contribution is -2.30. The standard InChI is InChI=1S/C91H154O16P2/c1-4-7-10-13-16-19-22-25-27-29-31-33-35-37-38-39-40-41-42-43-44-45-46-48-50-51-53-55-57-60-62-65-68-71-74-77-89(94)101-80-86(92)81-103-108(97,98)104-82-87(93)83-105-109(99,100)106-85-88(107-91(96)79-76-73-70-67-64-59-24-21-18-15-12-9-6-3)84-102-90(95)78-75-72-69-66-63-61-58-56-54-52-49-47-36-34-32-30-28-26-23-20-17-14-11-8-5-2/h7-8,10-12,15-17,19-21,24-28,31-34,37-38,47,49,54,56,86-88,92-93H,4-6,9,13-14,18,22-23,29-30,35-36,39-46,48,50-53,55,57-85H2,1-3H3,(H,97,98)(H,99,100)/b10-7-,11-8-,15-12-,19-16-,20-17-,24-21-,27-25-,28-26-,33-31-,34-32-,38-37-,49-47-,56-54-. The molecular weight excluding hydrogens is 1410 g/mol. The third-order valence-electron chi connectivity index (χ3n) is 17.7. The average molecular weight is 1570 g/mol. The van der Waals surface area contributed by atoms with E-state index in [1.165, 1.54) is 103 Å². The molecule has 5 atom stereocenters. The summed E-state index contributed by atoms with van der Waals surface area (Å²) in [5.74, 6) is -1.61. The van der Waals surface area contributed by atoms with E-state index in [0.717, 1.165) is 180 Å². The molecule has 16 nitrogen and oxygen atoms in total. The summed E-state index contributed by atoms with van der Waals surface area (Å²) in [5.41, 5.74) is 0. The van der Waals surface area contributed by atoms with Crippen LogP contribution in [-0.4, -0.2) is 95.9 Å². The number of aliphatic hydroxyl groups excluding tert-OH is 2. The first-order chi connectivity index (χ1) is 53.2. The lowest BCUT2D eigenvalue weighted by Gasteiger charge is -2.21. The van der Waals surface area contributed by atoms with Crippen molar-refractivity contribution < 1.29 is 75.8 Å². The Morgan fingerprint density at radius 3 is 0.771 bits per heavy atom. The highest BCUT2D eigenvalue weighted by atomic mass is 31.2. The Labute approximate surface area is 663 Å². The molecule has 0 rings (SSSR count). The summed E-state index contributed by atoms with van der Waals surface area (Å²) in [6.07, 6.45) is 105. The number of phosphoric acid groups is 2. The molecular formula is C91H154O16P2. The lowest BCUT2D eigenvalue weighted by atomic mass is 10.0. The van der Waals surface area contributed by atoms with Crippen LogP contribution in [-0.2, 0) is 55.8 Å². The van der Waals surface area contributed by atoms with Crippen LogP contribution in [0.4, 0.5) is 0 Å². The van der Waals surface area contributed by atoms with Crippen LogP contribution >= 0.6 is 15.6 Å². The Morgan fingerprint density at radius 2 is 0.486 bits per heavy atom. The summed E-state index contributed by atoms with van der Waals surface area (Å²) in [6, 6.07) is 0. The SMILES string of the molecule is CC/C=C\C/C=C\C/C=C\C/C=C\C/C=C\C/C=C\CCCCCCCCC(=O)OCC(COP(=O)(O)OCC(O)COP(=O)(O)OCC(O)COC(=O)CCCCCCCCCCCCCCCCCCCCC/C=C\C/C=C\C/C=C\C/C=C\C/C=C\CC)OC(=O)CCCCCCC/C=C\C/C=C\CCC. The van der Waals surface area contributed by atoms with Gasteiger partial charge in [0.15, 0.2) is 6.10 Å². The first-order valence-electron chi connectivity index (χ1n) is 42.8. The first kappa shape index (κ1) is 104. The van der Waals surface area contributed by atoms with E-state index >= 15 is 0 Å². The van der Waals surface area contributed by atoms with Crippen LogP contribution in [0, 0.1) is 0 Å². The van der Waals surface area contributed by atoms with Gasteiger partial charge in [-0.05, 0) is 141 Å². The largest absolute Gasteiger partial charge is 0.472 e. The molecule has 624 valence electrons. The van der Waals surface area contributed by atoms with Gasteiger partial charge in [-0.3, -0.25) is 32.5 Å². The van der Waals surface area contributed by atoms with Gasteiger partial charge in [0.2, 0.25) is 0 Å². The maximum Gasteiger partial charge on any atom is 0.472 e. The van der Waals surface area contributed by atoms with Crippen LogP contribution < -0.4 is 0 Å². The van der Waals surface area contributed by atoms with Gasteiger partial charge in [-0.25, -0.2) is 9.13 Å². The van der Waals surface area contributed by atoms with Crippen molar-refractivity contribution in [1.29, 1.82) is 0 Å². The number of unbranched alkanes of at least 4 members (excludes halogenated alkanes) is 31. The van der Waals surface area contributed by atoms with Crippen molar-refractivity contribution in [2.75, 3.05) is 39.6 Å². The fourth-order valence-corrected chi connectivity index (χ4v) is 12.9. The van der Waals surface area contributed by atoms with Crippen LogP contribution in [0.15, 0.2) is 158 Å². The second-order valence-electron chi connectivity index (χ2n) is 28.2. The van der Waals surface area contributed by atoms with E-state index in [9.17, 15) is 43.5 Å². The number of rotatable bonds is 80. The summed E-state index contributed by atoms with van der Waals surface area (Å²) in [5, 5.41) is 20.7. The van der Waals surface area contributed by atoms with E-state index < -0.39 is 91.5 Å². The van der Waals surface area contributed by atoms with E-state index in [0.29, 0.717) is 19.3 Å². The Hall–Kier alpha value is -4.83. The lowest BCUT2D eigenvalue weighted by molar-refractivity contribution is -0.161. The van der Waals surface area contributed by atoms with E-state index in [1.807, 2.05) is 0 Å². The minimum absolute atomic E-state index is 0.0811. The summed E-state index contributed by atoms with van der Waals surface area (Å²) in [7, 11) is -9.80. The monoisotopic (exact) mass is 1570 g/mol. The van der Waals surface area contributed by atoms with Crippen molar-refractivity contribution in [1.82, 2.24) is 0 Å². The smallest absolute Gasteiger partial charge is 0.463 e. The third-order valence-corrected chi connectivity index (χ3v) is 19.6. The van der Waals surface area contributed by atoms with Gasteiger partial charge in [-0.15, -0.1) is 0 Å². The molecule has 0 aliphatic carbocycles. The van der Waals surface area contributed by atoms with E-state index in [1.54, 1.807) is 0 Å². The molecule has 0 saturated carbocycles. The van der Waals surface area contributed by atoms with Crippen LogP contribution in [0.5, 0.6) is 0 Å². The van der Waals surface area contributed by atoms with Crippen LogP contribution in [0.1, 0.15) is 342 Å². The van der Waals surface area contributed by atoms with Crippen molar-refractivity contribution in [3.63, 3.8) is 0 Å². The molecule has 0 spiro atoms. The molecule has 18 heteroatoms. The molecule has 0 heterocycles. The number of hydrogen-bond acceptors (Lipinski definition) is 14. The number of aliphatic hydroxyl groups is 2. The number of phosphoric ester groups is 2. The second-order valence-corrected chi connectivity index (χ2v) is 31.1. The molecule has 0 aromatic heterocycles. The van der Waals surface area contributed by atoms with Gasteiger partial charge in [0, 0.05) is 19.3 Å². The fourth-order valence-electron chi connectivity index (χ4n) is 11.3. The summed E-state index contributed by atoms with van der Waals surface area (Å²) in [4.78, 5) is 58.7. The number of allylic oxidation sites excluding steroid dienone is 26. The molecule has 4 N–H and O–H groups in total. The van der Waals surface area contributed by atoms with Gasteiger partial charge >= 0.3 is 33.6 Å². The summed E-state index contributed by atoms with van der Waals surface area (Å²) in [6.45, 7) is 2.37. The molecule has 0 saturated heterocycles. The van der Waals surface area contributed by atoms with E-state index in [4.69, 9.17) is 32.3 Å². The highest BCUT2D eigenvalue weighted by molar-refractivity contribution is 7.47. The van der Waals surface area contributed by atoms with Crippen LogP contribution in [0.2, 0.25) is 0 Å². The number of ether oxygens (including phenoxy) is 3. The quantitative estimate of drug-likeness (QED) is 0.0146. The molecule has 5 unspecified atom stereocenters. The summed E-state index contributed by atoms with van der Waals surface area (Å²) < 4.78 is 61.2. The van der Waals surface area contributed by atoms with Gasteiger partial charge in [-0.1, -0.05) is 339 Å². The minimum Gasteiger partial charge on any atom is -0.463 e. The van der Waals surface area contributed by atoms with E-state index in [2.05, 4.69) is 179 Å². The average Bonchev–Trinajstić information content (AvgIpc) is 0.903. The van der Waals surface area contributed by atoms with Crippen molar-refractivity contribution in [2.24, 2.45) is 0 Å².